The van der Waals surface area contributed by atoms with Crippen LogP contribution in [0.3, 0.4) is 0 Å². The van der Waals surface area contributed by atoms with E-state index in [4.69, 9.17) is 0 Å². The number of aryl methyl sites for hydroxylation is 2. The fourth-order valence-electron chi connectivity index (χ4n) is 18.2. The van der Waals surface area contributed by atoms with Crippen molar-refractivity contribution >= 4 is 67.8 Å². The normalized spacial score (nSPS) is 13.6. The summed E-state index contributed by atoms with van der Waals surface area (Å²) < 4.78 is 119. The van der Waals surface area contributed by atoms with Crippen LogP contribution in [-0.2, 0) is 79.0 Å². The number of aromatic amines is 1. The minimum Gasteiger partial charge on any atom is -0.361 e. The number of fused-ring (bicyclic) bond motifs is 9. The van der Waals surface area contributed by atoms with E-state index in [1.807, 2.05) is 142 Å². The van der Waals surface area contributed by atoms with Gasteiger partial charge in [-0.15, -0.1) is 0 Å². The molecule has 6 aliphatic heterocycles. The second-order valence-electron chi connectivity index (χ2n) is 34.5. The van der Waals surface area contributed by atoms with Gasteiger partial charge in [-0.2, -0.15) is 9.49 Å². The molecule has 5 amide bonds. The van der Waals surface area contributed by atoms with Crippen LogP contribution in [0.15, 0.2) is 303 Å². The van der Waals surface area contributed by atoms with Crippen LogP contribution >= 0.6 is 0 Å². The number of hydrogen-bond donors (Lipinski definition) is 1. The number of H-pyrrole nitrogens is 1. The van der Waals surface area contributed by atoms with Crippen LogP contribution in [0.5, 0.6) is 0 Å². The summed E-state index contributed by atoms with van der Waals surface area (Å²) >= 11 is 0. The number of benzene rings is 10. The van der Waals surface area contributed by atoms with E-state index in [-0.39, 0.29) is 98.1 Å². The fraction of sp³-hybridized carbons (Fsp3) is 0.126. The third-order valence-electron chi connectivity index (χ3n) is 25.6. The molecule has 0 unspecified atom stereocenters. The number of carbonyl (C=O) groups is 5. The molecule has 28 heteroatoms. The molecule has 0 radical (unpaired) electrons. The lowest BCUT2D eigenvalue weighted by molar-refractivity contribution is 0.0755. The smallest absolute Gasteiger partial charge is 0.256 e. The van der Waals surface area contributed by atoms with E-state index in [1.165, 1.54) is 58.5 Å². The van der Waals surface area contributed by atoms with Crippen LogP contribution in [0.4, 0.5) is 35.1 Å². The fourth-order valence-corrected chi connectivity index (χ4v) is 18.2. The number of nitrogens with one attached hydrogen (secondary N) is 1. The predicted octanol–water partition coefficient (Wildman–Crippen LogP) is 22.2. The summed E-state index contributed by atoms with van der Waals surface area (Å²) in [5.74, 6) is -5.10. The van der Waals surface area contributed by atoms with Crippen LogP contribution in [0.25, 0.3) is 88.2 Å². The van der Waals surface area contributed by atoms with Gasteiger partial charge in [0.25, 0.3) is 29.5 Å². The average molecular weight is 1860 g/mol. The number of pyridine rings is 6. The van der Waals surface area contributed by atoms with E-state index >= 15 is 0 Å². The van der Waals surface area contributed by atoms with Crippen molar-refractivity contribution in [1.82, 2.24) is 69.2 Å². The molecule has 0 saturated heterocycles. The molecule has 0 fully saturated rings. The van der Waals surface area contributed by atoms with E-state index in [2.05, 4.69) is 45.0 Å². The molecule has 14 heterocycles. The molecule has 18 aromatic rings. The summed E-state index contributed by atoms with van der Waals surface area (Å²) in [6.07, 6.45) is 13.4. The number of carbonyl (C=O) groups excluding carboxylic acids is 5. The molecular formula is C111H81F8N15O5. The van der Waals surface area contributed by atoms with Gasteiger partial charge in [0.2, 0.25) is 5.95 Å². The summed E-state index contributed by atoms with van der Waals surface area (Å²) in [5, 5.41) is 8.47. The Morgan fingerprint density at radius 3 is 1.19 bits per heavy atom. The lowest BCUT2D eigenvalue weighted by atomic mass is 9.97. The largest absolute Gasteiger partial charge is 0.361 e. The van der Waals surface area contributed by atoms with E-state index < -0.39 is 35.0 Å². The molecule has 20 nitrogen and oxygen atoms in total. The van der Waals surface area contributed by atoms with Gasteiger partial charge in [0.1, 0.15) is 40.7 Å². The molecule has 0 atom stereocenters. The molecule has 8 aromatic heterocycles. The van der Waals surface area contributed by atoms with E-state index in [0.29, 0.717) is 116 Å². The van der Waals surface area contributed by atoms with Crippen LogP contribution in [0, 0.1) is 53.6 Å². The Hall–Kier alpha value is -17.2. The minimum atomic E-state index is -0.662. The van der Waals surface area contributed by atoms with Crippen molar-refractivity contribution in [2.24, 2.45) is 12.0 Å². The van der Waals surface area contributed by atoms with E-state index in [9.17, 15) is 59.1 Å². The monoisotopic (exact) mass is 1860 g/mol. The van der Waals surface area contributed by atoms with Gasteiger partial charge >= 0.3 is 0 Å². The standard InChI is InChI=1S/C24H16F2N2O.C23H17F2N3O.C22H17FN4O.C22H16FN3O.C20H15F2N3O/c25-21-11-16(18-8-3-6-15-5-1-2-7-17(15)18)12-22(26)20(21)13-28-14-23-19(24(28)29)9-4-10-27-23;1-13-17-5-4-14(7-16(17)10-27-13)15-8-20(24)19(21(25)9-15)11-28-12-22-18(23(28)29)3-2-6-26-22;1-26-11-17-7-5-15(10-20(17)25-26)14-4-6-16(19(23)9-14)12-27-13-21-18(22(27)28)3-2-8-24-21;23-19-11-15(14-5-6-20-16(10-14)7-9-25-20)3-4-17(19)12-26-13-21-18(22(26)27)2-1-8-24-21;1-12-7-15(9-24-19(12)22)13-4-5-14(17(21)8-13)10-25-11-18-16(20(25)26)3-2-6-23-18/h1-12H,13-14H2;2-9H,10-12H2,1H3;2-11H,12-13H2,1H3;1-11,25H,12-13H2;2-9H,10-11H2,1H3. The molecule has 6 aliphatic rings. The Labute approximate surface area is 791 Å². The Morgan fingerprint density at radius 1 is 0.324 bits per heavy atom. The quantitative estimate of drug-likeness (QED) is 0.0747. The van der Waals surface area contributed by atoms with Gasteiger partial charge in [-0.25, -0.2) is 35.7 Å². The Kier molecular flexibility index (Phi) is 24.5. The van der Waals surface area contributed by atoms with Crippen molar-refractivity contribution < 1.29 is 59.1 Å². The zero-order chi connectivity index (χ0) is 96.0. The van der Waals surface area contributed by atoms with Crippen LogP contribution in [-0.4, -0.2) is 104 Å². The highest BCUT2D eigenvalue weighted by Gasteiger charge is 2.35. The van der Waals surface area contributed by atoms with Crippen molar-refractivity contribution in [3.05, 3.63) is 446 Å². The lowest BCUT2D eigenvalue weighted by Gasteiger charge is -2.17. The maximum absolute atomic E-state index is 14.9. The van der Waals surface area contributed by atoms with Gasteiger partial charge < -0.3 is 29.5 Å². The Balaban J connectivity index is 0.000000107. The number of rotatable bonds is 15. The molecular weight excluding hydrogens is 1780 g/mol. The molecule has 24 rings (SSSR count). The van der Waals surface area contributed by atoms with Crippen LogP contribution in [0.1, 0.15) is 132 Å². The maximum atomic E-state index is 14.9. The number of aromatic nitrogens is 9. The Morgan fingerprint density at radius 2 is 0.719 bits per heavy atom. The molecule has 0 aliphatic carbocycles. The molecule has 686 valence electrons. The third kappa shape index (κ3) is 18.4. The first-order valence-corrected chi connectivity index (χ1v) is 44.7. The van der Waals surface area contributed by atoms with Gasteiger partial charge in [0.15, 0.2) is 0 Å². The van der Waals surface area contributed by atoms with Crippen molar-refractivity contribution in [2.75, 3.05) is 0 Å². The highest BCUT2D eigenvalue weighted by molar-refractivity contribution is 6.04. The second-order valence-corrected chi connectivity index (χ2v) is 34.5. The Bertz CT molecular complexity index is 8010. The third-order valence-corrected chi connectivity index (χ3v) is 25.6. The summed E-state index contributed by atoms with van der Waals surface area (Å²) in [4.78, 5) is 102. The van der Waals surface area contributed by atoms with Gasteiger partial charge in [0.05, 0.1) is 114 Å². The van der Waals surface area contributed by atoms with Gasteiger partial charge in [-0.3, -0.25) is 58.6 Å². The summed E-state index contributed by atoms with van der Waals surface area (Å²) in [6, 6.07) is 72.3. The second kappa shape index (κ2) is 37.9. The molecule has 139 heavy (non-hydrogen) atoms. The van der Waals surface area contributed by atoms with Crippen molar-refractivity contribution in [1.29, 1.82) is 0 Å². The van der Waals surface area contributed by atoms with Crippen LogP contribution < -0.4 is 0 Å². The summed E-state index contributed by atoms with van der Waals surface area (Å²) in [7, 11) is 1.88. The van der Waals surface area contributed by atoms with Crippen molar-refractivity contribution in [2.45, 2.75) is 85.8 Å². The van der Waals surface area contributed by atoms with Gasteiger partial charge in [0, 0.05) is 137 Å². The molecule has 0 bridgehead atoms. The number of amides is 5. The molecule has 1 N–H and O–H groups in total. The first kappa shape index (κ1) is 89.7. The highest BCUT2D eigenvalue weighted by atomic mass is 19.2. The number of hydrogen-bond acceptors (Lipinski definition) is 13. The number of nitrogens with zero attached hydrogens (tertiary/aromatic N) is 14. The number of aliphatic imine (C=N–C) groups is 1. The molecule has 0 saturated carbocycles. The SMILES string of the molecule is CC1=NCc2cc(-c3cc(F)c(CN4Cc5ncccc5C4=O)c(F)c3)ccc21.Cc1cc(-c2ccc(CN3Cc4ncccc4C3=O)c(F)c2)cnc1F.Cn1cc2ccc(-c3ccc(CN4Cc5ncccc5C4=O)c(F)c3)cc2n1.O=C1c2cccnc2CN1Cc1c(F)cc(-c2cccc3ccccc23)cc1F.O=C1c2cccnc2CN1Cc1ccc(-c2ccc3[nH]ccc3c2)cc1F. The lowest BCUT2D eigenvalue weighted by Crippen LogP contribution is -2.24. The van der Waals surface area contributed by atoms with Gasteiger partial charge in [-0.05, 0) is 225 Å². The predicted molar refractivity (Wildman–Crippen MR) is 510 cm³/mol. The van der Waals surface area contributed by atoms with E-state index in [1.54, 1.807) is 148 Å². The van der Waals surface area contributed by atoms with E-state index in [0.717, 1.165) is 94.2 Å². The molecule has 10 aromatic carbocycles. The molecule has 0 spiro atoms. The minimum absolute atomic E-state index is 0.0977. The summed E-state index contributed by atoms with van der Waals surface area (Å²) in [5.41, 5.74) is 20.0. The summed E-state index contributed by atoms with van der Waals surface area (Å²) in [6.45, 7) is 6.20. The maximum Gasteiger partial charge on any atom is 0.256 e. The van der Waals surface area contributed by atoms with Gasteiger partial charge in [-0.1, -0.05) is 109 Å². The van der Waals surface area contributed by atoms with Crippen molar-refractivity contribution in [3.63, 3.8) is 0 Å². The topological polar surface area (TPSA) is 225 Å². The van der Waals surface area contributed by atoms with Crippen LogP contribution in [0.2, 0.25) is 0 Å². The number of halogens is 8. The van der Waals surface area contributed by atoms with Crippen molar-refractivity contribution in [3.8, 4) is 55.6 Å². The first-order chi connectivity index (χ1) is 67.4. The highest BCUT2D eigenvalue weighted by Crippen LogP contribution is 2.38. The zero-order valence-electron chi connectivity index (χ0n) is 74.9. The average Bonchev–Trinajstić information content (AvgIpc) is 1.71. The first-order valence-electron chi connectivity index (χ1n) is 44.7. The zero-order valence-corrected chi connectivity index (χ0v) is 74.9.